The molecule has 0 atom stereocenters. The molecule has 178 valence electrons. The summed E-state index contributed by atoms with van der Waals surface area (Å²) in [5.74, 6) is 1.76. The van der Waals surface area contributed by atoms with Crippen LogP contribution in [-0.2, 0) is 11.2 Å². The summed E-state index contributed by atoms with van der Waals surface area (Å²) in [6.07, 6.45) is 3.03. The van der Waals surface area contributed by atoms with Crippen molar-refractivity contribution in [2.45, 2.75) is 25.3 Å². The maximum absolute atomic E-state index is 12.6. The van der Waals surface area contributed by atoms with Gasteiger partial charge in [-0.15, -0.1) is 0 Å². The monoisotopic (exact) mass is 460 g/mol. The summed E-state index contributed by atoms with van der Waals surface area (Å²) in [6, 6.07) is 18.6. The smallest absolute Gasteiger partial charge is 0.254 e. The predicted molar refractivity (Wildman–Crippen MR) is 132 cm³/mol. The van der Waals surface area contributed by atoms with Crippen LogP contribution in [0.4, 0.5) is 5.69 Å². The molecule has 0 radical (unpaired) electrons. The SMILES string of the molecule is O=C(c1ccc(N2CCC(NCCc3nc(-c4ccccc4)n[nH]3)CC2)cc1)N1CCOCC1. The lowest BCUT2D eigenvalue weighted by molar-refractivity contribution is 0.0303. The van der Waals surface area contributed by atoms with Crippen LogP contribution in [0.1, 0.15) is 29.0 Å². The summed E-state index contributed by atoms with van der Waals surface area (Å²) in [4.78, 5) is 21.5. The second kappa shape index (κ2) is 10.8. The van der Waals surface area contributed by atoms with Gasteiger partial charge in [-0.3, -0.25) is 9.89 Å². The molecule has 8 nitrogen and oxygen atoms in total. The highest BCUT2D eigenvalue weighted by atomic mass is 16.5. The number of aromatic nitrogens is 3. The van der Waals surface area contributed by atoms with Crippen molar-refractivity contribution >= 4 is 11.6 Å². The van der Waals surface area contributed by atoms with E-state index in [1.165, 1.54) is 5.69 Å². The van der Waals surface area contributed by atoms with E-state index in [0.29, 0.717) is 32.3 Å². The molecular formula is C26H32N6O2. The zero-order valence-electron chi connectivity index (χ0n) is 19.4. The second-order valence-electron chi connectivity index (χ2n) is 8.89. The highest BCUT2D eigenvalue weighted by Gasteiger charge is 2.21. The number of rotatable bonds is 7. The molecule has 0 bridgehead atoms. The fraction of sp³-hybridized carbons (Fsp3) is 0.423. The van der Waals surface area contributed by atoms with E-state index in [-0.39, 0.29) is 5.91 Å². The molecule has 0 saturated carbocycles. The van der Waals surface area contributed by atoms with Crippen molar-refractivity contribution in [1.82, 2.24) is 25.4 Å². The van der Waals surface area contributed by atoms with Crippen molar-refractivity contribution in [1.29, 1.82) is 0 Å². The molecule has 0 aliphatic carbocycles. The molecule has 8 heteroatoms. The van der Waals surface area contributed by atoms with Crippen molar-refractivity contribution in [2.24, 2.45) is 0 Å². The Hall–Kier alpha value is -3.23. The van der Waals surface area contributed by atoms with Crippen LogP contribution in [0.2, 0.25) is 0 Å². The normalized spacial score (nSPS) is 17.2. The Morgan fingerprint density at radius 3 is 2.47 bits per heavy atom. The van der Waals surface area contributed by atoms with Crippen LogP contribution in [-0.4, -0.2) is 78.0 Å². The zero-order valence-corrected chi connectivity index (χ0v) is 19.4. The summed E-state index contributed by atoms with van der Waals surface area (Å²) in [5.41, 5.74) is 2.97. The third kappa shape index (κ3) is 5.46. The van der Waals surface area contributed by atoms with Crippen molar-refractivity contribution < 1.29 is 9.53 Å². The fourth-order valence-electron chi connectivity index (χ4n) is 4.62. The van der Waals surface area contributed by atoms with Gasteiger partial charge in [0, 0.05) is 62.0 Å². The van der Waals surface area contributed by atoms with Gasteiger partial charge in [-0.05, 0) is 37.1 Å². The fourth-order valence-corrected chi connectivity index (χ4v) is 4.62. The summed E-state index contributed by atoms with van der Waals surface area (Å²) in [5, 5.41) is 11.1. The number of amides is 1. The molecular weight excluding hydrogens is 428 g/mol. The van der Waals surface area contributed by atoms with Gasteiger partial charge in [-0.1, -0.05) is 30.3 Å². The molecule has 0 unspecified atom stereocenters. The quantitative estimate of drug-likeness (QED) is 0.564. The van der Waals surface area contributed by atoms with Gasteiger partial charge < -0.3 is 19.9 Å². The number of hydrogen-bond acceptors (Lipinski definition) is 6. The van der Waals surface area contributed by atoms with E-state index in [9.17, 15) is 4.79 Å². The van der Waals surface area contributed by atoms with E-state index in [4.69, 9.17) is 4.74 Å². The number of carbonyl (C=O) groups excluding carboxylic acids is 1. The van der Waals surface area contributed by atoms with Crippen molar-refractivity contribution in [3.63, 3.8) is 0 Å². The molecule has 2 fully saturated rings. The minimum atomic E-state index is 0.0976. The van der Waals surface area contributed by atoms with Crippen LogP contribution in [0.25, 0.3) is 11.4 Å². The van der Waals surface area contributed by atoms with Crippen LogP contribution in [0.3, 0.4) is 0 Å². The number of nitrogens with one attached hydrogen (secondary N) is 2. The molecule has 5 rings (SSSR count). The predicted octanol–water partition coefficient (Wildman–Crippen LogP) is 2.75. The molecule has 3 aromatic rings. The molecule has 2 saturated heterocycles. The molecule has 1 amide bonds. The Morgan fingerprint density at radius 1 is 1.00 bits per heavy atom. The second-order valence-corrected chi connectivity index (χ2v) is 8.89. The van der Waals surface area contributed by atoms with Gasteiger partial charge in [0.25, 0.3) is 5.91 Å². The number of ether oxygens (including phenoxy) is 1. The summed E-state index contributed by atoms with van der Waals surface area (Å²) in [6.45, 7) is 5.49. The number of nitrogens with zero attached hydrogens (tertiary/aromatic N) is 4. The van der Waals surface area contributed by atoms with Crippen molar-refractivity contribution in [2.75, 3.05) is 50.8 Å². The Labute approximate surface area is 200 Å². The van der Waals surface area contributed by atoms with E-state index in [2.05, 4.69) is 37.5 Å². The number of aromatic amines is 1. The zero-order chi connectivity index (χ0) is 23.2. The highest BCUT2D eigenvalue weighted by Crippen LogP contribution is 2.21. The molecule has 2 N–H and O–H groups in total. The largest absolute Gasteiger partial charge is 0.378 e. The first kappa shape index (κ1) is 22.6. The molecule has 3 heterocycles. The number of piperidine rings is 1. The van der Waals surface area contributed by atoms with Gasteiger partial charge >= 0.3 is 0 Å². The molecule has 2 aliphatic heterocycles. The van der Waals surface area contributed by atoms with Crippen molar-refractivity contribution in [3.8, 4) is 11.4 Å². The van der Waals surface area contributed by atoms with E-state index >= 15 is 0 Å². The first-order valence-corrected chi connectivity index (χ1v) is 12.2. The Kier molecular flexibility index (Phi) is 7.16. The maximum atomic E-state index is 12.6. The average Bonchev–Trinajstić information content (AvgIpc) is 3.39. The summed E-state index contributed by atoms with van der Waals surface area (Å²) >= 11 is 0. The van der Waals surface area contributed by atoms with Crippen LogP contribution in [0.15, 0.2) is 54.6 Å². The maximum Gasteiger partial charge on any atom is 0.254 e. The van der Waals surface area contributed by atoms with Gasteiger partial charge in [-0.25, -0.2) is 4.98 Å². The van der Waals surface area contributed by atoms with Crippen LogP contribution in [0, 0.1) is 0 Å². The minimum absolute atomic E-state index is 0.0976. The van der Waals surface area contributed by atoms with Crippen LogP contribution in [0.5, 0.6) is 0 Å². The van der Waals surface area contributed by atoms with E-state index in [0.717, 1.165) is 61.7 Å². The lowest BCUT2D eigenvalue weighted by Gasteiger charge is -2.34. The Balaban J connectivity index is 1.05. The van der Waals surface area contributed by atoms with Gasteiger partial charge in [0.05, 0.1) is 13.2 Å². The number of morpholine rings is 1. The molecule has 1 aromatic heterocycles. The molecule has 2 aromatic carbocycles. The van der Waals surface area contributed by atoms with Gasteiger partial charge in [0.15, 0.2) is 5.82 Å². The average molecular weight is 461 g/mol. The van der Waals surface area contributed by atoms with E-state index in [1.807, 2.05) is 47.4 Å². The van der Waals surface area contributed by atoms with Gasteiger partial charge in [-0.2, -0.15) is 5.10 Å². The molecule has 34 heavy (non-hydrogen) atoms. The van der Waals surface area contributed by atoms with Gasteiger partial charge in [0.2, 0.25) is 0 Å². The van der Waals surface area contributed by atoms with Crippen molar-refractivity contribution in [3.05, 3.63) is 66.0 Å². The number of carbonyl (C=O) groups is 1. The standard InChI is InChI=1S/C26H32N6O2/c33-26(32-16-18-34-19-17-32)21-6-8-23(9-7-21)31-14-11-22(12-15-31)27-13-10-24-28-25(30-29-24)20-4-2-1-3-5-20/h1-9,22,27H,10-19H2,(H,28,29,30). The summed E-state index contributed by atoms with van der Waals surface area (Å²) < 4.78 is 5.34. The molecule has 0 spiro atoms. The highest BCUT2D eigenvalue weighted by molar-refractivity contribution is 5.94. The molecule has 2 aliphatic rings. The minimum Gasteiger partial charge on any atom is -0.378 e. The Morgan fingerprint density at radius 2 is 1.74 bits per heavy atom. The van der Waals surface area contributed by atoms with E-state index in [1.54, 1.807) is 0 Å². The lowest BCUT2D eigenvalue weighted by Crippen LogP contribution is -2.43. The number of H-pyrrole nitrogens is 1. The van der Waals surface area contributed by atoms with Crippen LogP contribution < -0.4 is 10.2 Å². The third-order valence-corrected chi connectivity index (χ3v) is 6.63. The number of benzene rings is 2. The van der Waals surface area contributed by atoms with Gasteiger partial charge in [0.1, 0.15) is 5.82 Å². The summed E-state index contributed by atoms with van der Waals surface area (Å²) in [7, 11) is 0. The van der Waals surface area contributed by atoms with Crippen LogP contribution >= 0.6 is 0 Å². The lowest BCUT2D eigenvalue weighted by atomic mass is 10.0. The first-order chi connectivity index (χ1) is 16.8. The topological polar surface area (TPSA) is 86.4 Å². The van der Waals surface area contributed by atoms with E-state index < -0.39 is 0 Å². The number of hydrogen-bond donors (Lipinski definition) is 2. The first-order valence-electron chi connectivity index (χ1n) is 12.2. The Bertz CT molecular complexity index is 1050. The third-order valence-electron chi connectivity index (χ3n) is 6.63. The number of anilines is 1.